The second-order valence-corrected chi connectivity index (χ2v) is 4.92. The second-order valence-electron chi connectivity index (χ2n) is 4.92. The van der Waals surface area contributed by atoms with Crippen LogP contribution in [0.1, 0.15) is 29.2 Å². The average molecular weight is 258 g/mol. The normalized spacial score (nSPS) is 10.8. The van der Waals surface area contributed by atoms with Crippen molar-refractivity contribution in [2.24, 2.45) is 0 Å². The van der Waals surface area contributed by atoms with Crippen LogP contribution in [0.4, 0.5) is 0 Å². The van der Waals surface area contributed by atoms with Gasteiger partial charge in [0, 0.05) is 12.8 Å². The van der Waals surface area contributed by atoms with Gasteiger partial charge in [0.05, 0.1) is 6.20 Å². The van der Waals surface area contributed by atoms with Gasteiger partial charge in [-0.3, -0.25) is 0 Å². The van der Waals surface area contributed by atoms with E-state index >= 15 is 0 Å². The number of aryl methyl sites for hydroxylation is 4. The van der Waals surface area contributed by atoms with Gasteiger partial charge in [-0.15, -0.1) is 0 Å². The monoisotopic (exact) mass is 258 g/mol. The molecule has 0 aliphatic heterocycles. The molecule has 0 fully saturated rings. The van der Waals surface area contributed by atoms with E-state index in [1.54, 1.807) is 0 Å². The Balaban J connectivity index is 1.83. The summed E-state index contributed by atoms with van der Waals surface area (Å²) < 4.78 is 5.74. The average Bonchev–Trinajstić information content (AvgIpc) is 2.85. The van der Waals surface area contributed by atoms with E-state index in [2.05, 4.69) is 41.5 Å². The van der Waals surface area contributed by atoms with Crippen molar-refractivity contribution in [3.05, 3.63) is 53.2 Å². The van der Waals surface area contributed by atoms with Crippen molar-refractivity contribution >= 4 is 0 Å². The molecule has 2 aromatic rings. The van der Waals surface area contributed by atoms with Crippen LogP contribution < -0.4 is 5.32 Å². The van der Waals surface area contributed by atoms with Gasteiger partial charge in [-0.1, -0.05) is 29.8 Å². The fourth-order valence-corrected chi connectivity index (χ4v) is 2.13. The van der Waals surface area contributed by atoms with Gasteiger partial charge >= 0.3 is 0 Å². The second kappa shape index (κ2) is 7.10. The fraction of sp³-hybridized carbons (Fsp3) is 0.438. The van der Waals surface area contributed by atoms with Crippen molar-refractivity contribution in [3.8, 4) is 0 Å². The van der Waals surface area contributed by atoms with Crippen molar-refractivity contribution < 1.29 is 4.42 Å². The van der Waals surface area contributed by atoms with E-state index in [1.165, 1.54) is 11.1 Å². The molecule has 0 aliphatic carbocycles. The number of hydrogen-bond donors (Lipinski definition) is 1. The molecule has 0 saturated carbocycles. The first-order valence-corrected chi connectivity index (χ1v) is 6.91. The summed E-state index contributed by atoms with van der Waals surface area (Å²) >= 11 is 0. The first kappa shape index (κ1) is 13.8. The Labute approximate surface area is 115 Å². The van der Waals surface area contributed by atoms with Crippen LogP contribution in [-0.2, 0) is 19.3 Å². The Morgan fingerprint density at radius 1 is 1.21 bits per heavy atom. The highest BCUT2D eigenvalue weighted by atomic mass is 16.4. The van der Waals surface area contributed by atoms with Crippen LogP contribution >= 0.6 is 0 Å². The molecule has 0 bridgehead atoms. The highest BCUT2D eigenvalue weighted by Crippen LogP contribution is 2.11. The molecule has 0 aliphatic rings. The van der Waals surface area contributed by atoms with Crippen molar-refractivity contribution in [1.29, 1.82) is 0 Å². The molecule has 3 heteroatoms. The van der Waals surface area contributed by atoms with Gasteiger partial charge in [0.1, 0.15) is 5.76 Å². The quantitative estimate of drug-likeness (QED) is 0.776. The number of benzene rings is 1. The van der Waals surface area contributed by atoms with E-state index in [-0.39, 0.29) is 0 Å². The van der Waals surface area contributed by atoms with Crippen molar-refractivity contribution in [1.82, 2.24) is 10.3 Å². The summed E-state index contributed by atoms with van der Waals surface area (Å²) in [5, 5.41) is 3.13. The lowest BCUT2D eigenvalue weighted by Crippen LogP contribution is -2.08. The van der Waals surface area contributed by atoms with Gasteiger partial charge in [-0.2, -0.15) is 0 Å². The Morgan fingerprint density at radius 3 is 2.89 bits per heavy atom. The smallest absolute Gasteiger partial charge is 0.194 e. The molecule has 3 nitrogen and oxygen atoms in total. The van der Waals surface area contributed by atoms with E-state index in [0.717, 1.165) is 43.9 Å². The summed E-state index contributed by atoms with van der Waals surface area (Å²) in [7, 11) is 1.96. The van der Waals surface area contributed by atoms with Crippen LogP contribution in [0.25, 0.3) is 0 Å². The zero-order chi connectivity index (χ0) is 13.5. The number of hydrogen-bond acceptors (Lipinski definition) is 3. The third-order valence-corrected chi connectivity index (χ3v) is 3.16. The molecule has 0 saturated heterocycles. The standard InChI is InChI=1S/C16H22N2O/c1-13-5-3-6-14(11-13)8-9-15-12-18-16(19-15)7-4-10-17-2/h3,5-6,11-12,17H,4,7-10H2,1-2H3. The lowest BCUT2D eigenvalue weighted by molar-refractivity contribution is 0.447. The molecular formula is C16H22N2O. The van der Waals surface area contributed by atoms with Crippen LogP contribution in [-0.4, -0.2) is 18.6 Å². The highest BCUT2D eigenvalue weighted by molar-refractivity contribution is 5.22. The van der Waals surface area contributed by atoms with Crippen LogP contribution in [0.15, 0.2) is 34.9 Å². The first-order chi connectivity index (χ1) is 9.28. The molecule has 1 aromatic carbocycles. The molecule has 102 valence electrons. The van der Waals surface area contributed by atoms with E-state index in [4.69, 9.17) is 4.42 Å². The van der Waals surface area contributed by atoms with Crippen LogP contribution in [0.2, 0.25) is 0 Å². The van der Waals surface area contributed by atoms with E-state index in [9.17, 15) is 0 Å². The van der Waals surface area contributed by atoms with E-state index in [1.807, 2.05) is 13.2 Å². The molecule has 1 heterocycles. The maximum atomic E-state index is 5.74. The Morgan fingerprint density at radius 2 is 2.11 bits per heavy atom. The summed E-state index contributed by atoms with van der Waals surface area (Å²) in [4.78, 5) is 4.32. The Bertz CT molecular complexity index is 505. The number of aromatic nitrogens is 1. The minimum atomic E-state index is 0.856. The molecule has 1 N–H and O–H groups in total. The minimum Gasteiger partial charge on any atom is -0.446 e. The maximum Gasteiger partial charge on any atom is 0.194 e. The zero-order valence-corrected chi connectivity index (χ0v) is 11.8. The molecule has 2 rings (SSSR count). The van der Waals surface area contributed by atoms with Gasteiger partial charge in [-0.05, 0) is 38.9 Å². The molecule has 0 radical (unpaired) electrons. The summed E-state index contributed by atoms with van der Waals surface area (Å²) in [6, 6.07) is 8.62. The van der Waals surface area contributed by atoms with Crippen molar-refractivity contribution in [2.45, 2.75) is 32.6 Å². The topological polar surface area (TPSA) is 38.1 Å². The van der Waals surface area contributed by atoms with E-state index < -0.39 is 0 Å². The number of rotatable bonds is 7. The number of nitrogens with zero attached hydrogens (tertiary/aromatic N) is 1. The molecule has 0 unspecified atom stereocenters. The maximum absolute atomic E-state index is 5.74. The summed E-state index contributed by atoms with van der Waals surface area (Å²) in [5.41, 5.74) is 2.66. The highest BCUT2D eigenvalue weighted by Gasteiger charge is 2.04. The summed E-state index contributed by atoms with van der Waals surface area (Å²) in [6.07, 6.45) is 5.76. The summed E-state index contributed by atoms with van der Waals surface area (Å²) in [5.74, 6) is 1.84. The number of nitrogens with one attached hydrogen (secondary N) is 1. The SMILES string of the molecule is CNCCCc1ncc(CCc2cccc(C)c2)o1. The third kappa shape index (κ3) is 4.52. The predicted octanol–water partition coefficient (Wildman–Crippen LogP) is 2.92. The lowest BCUT2D eigenvalue weighted by atomic mass is 10.1. The zero-order valence-electron chi connectivity index (χ0n) is 11.8. The van der Waals surface area contributed by atoms with Gasteiger partial charge in [0.15, 0.2) is 5.89 Å². The largest absolute Gasteiger partial charge is 0.446 e. The van der Waals surface area contributed by atoms with Gasteiger partial charge < -0.3 is 9.73 Å². The first-order valence-electron chi connectivity index (χ1n) is 6.91. The van der Waals surface area contributed by atoms with E-state index in [0.29, 0.717) is 0 Å². The van der Waals surface area contributed by atoms with Gasteiger partial charge in [-0.25, -0.2) is 4.98 Å². The Hall–Kier alpha value is -1.61. The van der Waals surface area contributed by atoms with Crippen LogP contribution in [0.5, 0.6) is 0 Å². The lowest BCUT2D eigenvalue weighted by Gasteiger charge is -2.00. The molecule has 19 heavy (non-hydrogen) atoms. The van der Waals surface area contributed by atoms with Gasteiger partial charge in [0.2, 0.25) is 0 Å². The van der Waals surface area contributed by atoms with Crippen LogP contribution in [0.3, 0.4) is 0 Å². The third-order valence-electron chi connectivity index (χ3n) is 3.16. The molecule has 1 aromatic heterocycles. The molecule has 0 atom stereocenters. The predicted molar refractivity (Wildman–Crippen MR) is 77.3 cm³/mol. The molecule has 0 amide bonds. The van der Waals surface area contributed by atoms with Crippen molar-refractivity contribution in [3.63, 3.8) is 0 Å². The molecular weight excluding hydrogens is 236 g/mol. The fourth-order valence-electron chi connectivity index (χ4n) is 2.13. The van der Waals surface area contributed by atoms with Gasteiger partial charge in [0.25, 0.3) is 0 Å². The molecule has 0 spiro atoms. The summed E-state index contributed by atoms with van der Waals surface area (Å²) in [6.45, 7) is 3.12. The van der Waals surface area contributed by atoms with Crippen LogP contribution in [0, 0.1) is 6.92 Å². The van der Waals surface area contributed by atoms with Crippen molar-refractivity contribution in [2.75, 3.05) is 13.6 Å². The minimum absolute atomic E-state index is 0.856. The number of oxazole rings is 1. The Kier molecular flexibility index (Phi) is 5.16.